The Hall–Kier alpha value is -0.600. The van der Waals surface area contributed by atoms with Gasteiger partial charge in [0.2, 0.25) is 0 Å². The number of hydrogen-bond donors (Lipinski definition) is 0. The highest BCUT2D eigenvalue weighted by molar-refractivity contribution is 5.01. The molecule has 98 valence electrons. The molecule has 0 rings (SSSR count). The zero-order valence-corrected chi connectivity index (χ0v) is 8.14. The standard InChI is InChI=1S/C7H8F8O/c1-4(8,9)6(12,13)7(14,15)5(10,11)3-16-2/h3H2,1-2H3. The van der Waals surface area contributed by atoms with E-state index in [0.29, 0.717) is 7.11 Å². The molecule has 0 fully saturated rings. The highest BCUT2D eigenvalue weighted by atomic mass is 19.4. The summed E-state index contributed by atoms with van der Waals surface area (Å²) in [5.41, 5.74) is 0. The van der Waals surface area contributed by atoms with Gasteiger partial charge in [-0.25, -0.2) is 0 Å². The van der Waals surface area contributed by atoms with Crippen molar-refractivity contribution in [1.29, 1.82) is 0 Å². The fourth-order valence-corrected chi connectivity index (χ4v) is 0.777. The van der Waals surface area contributed by atoms with Crippen LogP contribution in [-0.4, -0.2) is 37.4 Å². The number of halogens is 8. The van der Waals surface area contributed by atoms with E-state index < -0.39 is 37.2 Å². The summed E-state index contributed by atoms with van der Waals surface area (Å²) in [6.07, 6.45) is 0. The number of alkyl halides is 8. The van der Waals surface area contributed by atoms with E-state index in [1.165, 1.54) is 0 Å². The lowest BCUT2D eigenvalue weighted by Gasteiger charge is -2.35. The minimum atomic E-state index is -6.21. The van der Waals surface area contributed by atoms with Crippen LogP contribution in [0.15, 0.2) is 0 Å². The van der Waals surface area contributed by atoms with Gasteiger partial charge in [0, 0.05) is 14.0 Å². The lowest BCUT2D eigenvalue weighted by Crippen LogP contribution is -2.62. The number of methoxy groups -OCH3 is 1. The molecule has 0 aliphatic heterocycles. The van der Waals surface area contributed by atoms with Crippen molar-refractivity contribution >= 4 is 0 Å². The molecule has 0 saturated heterocycles. The molecule has 0 N–H and O–H groups in total. The quantitative estimate of drug-likeness (QED) is 0.690. The van der Waals surface area contributed by atoms with E-state index in [4.69, 9.17) is 0 Å². The van der Waals surface area contributed by atoms with E-state index in [9.17, 15) is 35.1 Å². The normalized spacial score (nSPS) is 15.4. The summed E-state index contributed by atoms with van der Waals surface area (Å²) < 4.78 is 103. The van der Waals surface area contributed by atoms with Crippen LogP contribution in [0.4, 0.5) is 35.1 Å². The van der Waals surface area contributed by atoms with Crippen molar-refractivity contribution in [3.8, 4) is 0 Å². The Balaban J connectivity index is 5.34. The molecule has 0 heterocycles. The van der Waals surface area contributed by atoms with Crippen LogP contribution in [-0.2, 0) is 4.74 Å². The third-order valence-corrected chi connectivity index (χ3v) is 1.73. The molecule has 0 aliphatic rings. The Morgan fingerprint density at radius 2 is 1.19 bits per heavy atom. The highest BCUT2D eigenvalue weighted by Gasteiger charge is 2.78. The summed E-state index contributed by atoms with van der Waals surface area (Å²) in [4.78, 5) is 0. The first-order valence-corrected chi connectivity index (χ1v) is 3.81. The largest absolute Gasteiger partial charge is 0.380 e. The second kappa shape index (κ2) is 4.01. The fraction of sp³-hybridized carbons (Fsp3) is 1.00. The first-order valence-electron chi connectivity index (χ1n) is 3.81. The molecule has 0 aliphatic carbocycles. The molecule has 0 aromatic carbocycles. The van der Waals surface area contributed by atoms with Crippen LogP contribution in [0.25, 0.3) is 0 Å². The molecule has 1 nitrogen and oxygen atoms in total. The maximum absolute atomic E-state index is 12.6. The molecule has 0 aromatic heterocycles. The molecule has 0 saturated carbocycles. The molecule has 0 bridgehead atoms. The van der Waals surface area contributed by atoms with Gasteiger partial charge in [-0.3, -0.25) is 0 Å². The van der Waals surface area contributed by atoms with E-state index in [2.05, 4.69) is 4.74 Å². The molecule has 0 unspecified atom stereocenters. The van der Waals surface area contributed by atoms with Crippen molar-refractivity contribution in [1.82, 2.24) is 0 Å². The van der Waals surface area contributed by atoms with Crippen LogP contribution < -0.4 is 0 Å². The van der Waals surface area contributed by atoms with E-state index in [1.54, 1.807) is 0 Å². The summed E-state index contributed by atoms with van der Waals surface area (Å²) in [6, 6.07) is 0. The second-order valence-electron chi connectivity index (χ2n) is 3.17. The SMILES string of the molecule is COCC(F)(F)C(F)(F)C(F)(F)C(C)(F)F. The monoisotopic (exact) mass is 260 g/mol. The minimum Gasteiger partial charge on any atom is -0.378 e. The number of ether oxygens (including phenoxy) is 1. The van der Waals surface area contributed by atoms with Gasteiger partial charge in [-0.2, -0.15) is 35.1 Å². The van der Waals surface area contributed by atoms with Gasteiger partial charge in [0.1, 0.15) is 6.61 Å². The van der Waals surface area contributed by atoms with Crippen LogP contribution in [0, 0.1) is 0 Å². The molecule has 0 radical (unpaired) electrons. The molecule has 0 amide bonds. The van der Waals surface area contributed by atoms with Crippen LogP contribution in [0.3, 0.4) is 0 Å². The van der Waals surface area contributed by atoms with Gasteiger partial charge < -0.3 is 4.74 Å². The van der Waals surface area contributed by atoms with Crippen LogP contribution in [0.5, 0.6) is 0 Å². The lowest BCUT2D eigenvalue weighted by atomic mass is 10.0. The van der Waals surface area contributed by atoms with Crippen molar-refractivity contribution < 1.29 is 39.9 Å². The predicted octanol–water partition coefficient (Wildman–Crippen LogP) is 3.19. The van der Waals surface area contributed by atoms with Crippen molar-refractivity contribution in [3.63, 3.8) is 0 Å². The van der Waals surface area contributed by atoms with Gasteiger partial charge in [-0.05, 0) is 0 Å². The zero-order valence-electron chi connectivity index (χ0n) is 8.14. The first-order chi connectivity index (χ1) is 6.81. The summed E-state index contributed by atoms with van der Waals surface area (Å²) in [5.74, 6) is -23.1. The third kappa shape index (κ3) is 2.23. The third-order valence-electron chi connectivity index (χ3n) is 1.73. The molecular formula is C7H8F8O. The molecular weight excluding hydrogens is 252 g/mol. The maximum atomic E-state index is 12.6. The summed E-state index contributed by atoms with van der Waals surface area (Å²) >= 11 is 0. The van der Waals surface area contributed by atoms with Crippen LogP contribution >= 0.6 is 0 Å². The van der Waals surface area contributed by atoms with Gasteiger partial charge in [-0.15, -0.1) is 0 Å². The van der Waals surface area contributed by atoms with Crippen molar-refractivity contribution in [2.24, 2.45) is 0 Å². The Morgan fingerprint density at radius 1 is 0.812 bits per heavy atom. The topological polar surface area (TPSA) is 9.23 Å². The van der Waals surface area contributed by atoms with E-state index in [0.717, 1.165) is 0 Å². The van der Waals surface area contributed by atoms with Gasteiger partial charge in [0.25, 0.3) is 0 Å². The van der Waals surface area contributed by atoms with E-state index in [-0.39, 0.29) is 0 Å². The van der Waals surface area contributed by atoms with Crippen molar-refractivity contribution in [2.75, 3.05) is 13.7 Å². The molecule has 16 heavy (non-hydrogen) atoms. The molecule has 0 spiro atoms. The Bertz CT molecular complexity index is 243. The molecule has 9 heteroatoms. The van der Waals surface area contributed by atoms with Gasteiger partial charge in [0.05, 0.1) is 0 Å². The van der Waals surface area contributed by atoms with E-state index in [1.807, 2.05) is 0 Å². The average Bonchev–Trinajstić information content (AvgIpc) is 2.01. The van der Waals surface area contributed by atoms with E-state index >= 15 is 0 Å². The lowest BCUT2D eigenvalue weighted by molar-refractivity contribution is -0.367. The number of hydrogen-bond acceptors (Lipinski definition) is 1. The summed E-state index contributed by atoms with van der Waals surface area (Å²) in [5, 5.41) is 0. The Labute approximate surface area is 85.4 Å². The fourth-order valence-electron chi connectivity index (χ4n) is 0.777. The highest BCUT2D eigenvalue weighted by Crippen LogP contribution is 2.52. The second-order valence-corrected chi connectivity index (χ2v) is 3.17. The molecule has 0 atom stereocenters. The van der Waals surface area contributed by atoms with Gasteiger partial charge in [-0.1, -0.05) is 0 Å². The van der Waals surface area contributed by atoms with Gasteiger partial charge >= 0.3 is 23.7 Å². The minimum absolute atomic E-state index is 0.548. The van der Waals surface area contributed by atoms with Crippen LogP contribution in [0.1, 0.15) is 6.92 Å². The van der Waals surface area contributed by atoms with Crippen molar-refractivity contribution in [3.05, 3.63) is 0 Å². The Kier molecular flexibility index (Phi) is 3.86. The average molecular weight is 260 g/mol. The smallest absolute Gasteiger partial charge is 0.378 e. The zero-order chi connectivity index (χ0) is 13.4. The molecule has 0 aromatic rings. The summed E-state index contributed by atoms with van der Waals surface area (Å²) in [6.45, 7) is -2.66. The predicted molar refractivity (Wildman–Crippen MR) is 37.3 cm³/mol. The summed E-state index contributed by atoms with van der Waals surface area (Å²) in [7, 11) is 0.548. The van der Waals surface area contributed by atoms with Gasteiger partial charge in [0.15, 0.2) is 0 Å². The van der Waals surface area contributed by atoms with Crippen molar-refractivity contribution in [2.45, 2.75) is 30.6 Å². The first kappa shape index (κ1) is 15.4. The maximum Gasteiger partial charge on any atom is 0.380 e. The van der Waals surface area contributed by atoms with Crippen LogP contribution in [0.2, 0.25) is 0 Å². The number of rotatable bonds is 5. The Morgan fingerprint density at radius 3 is 1.44 bits per heavy atom.